The molecule has 0 aliphatic carbocycles. The Bertz CT molecular complexity index is 572. The Morgan fingerprint density at radius 3 is 2.14 bits per heavy atom. The van der Waals surface area contributed by atoms with Crippen LogP contribution in [0.1, 0.15) is 11.1 Å². The molecule has 4 N–H and O–H groups in total. The second kappa shape index (κ2) is 8.32. The van der Waals surface area contributed by atoms with Gasteiger partial charge in [0.05, 0.1) is 0 Å². The number of benzene rings is 2. The highest BCUT2D eigenvalue weighted by atomic mass is 16.3. The van der Waals surface area contributed by atoms with Crippen molar-refractivity contribution in [3.8, 4) is 0 Å². The number of amides is 1. The lowest BCUT2D eigenvalue weighted by molar-refractivity contribution is -0.130. The van der Waals surface area contributed by atoms with Crippen LogP contribution in [0.3, 0.4) is 0 Å². The highest BCUT2D eigenvalue weighted by Crippen LogP contribution is 2.05. The monoisotopic (exact) mass is 298 g/mol. The smallest absolute Gasteiger partial charge is 0.250 e. The van der Waals surface area contributed by atoms with Gasteiger partial charge in [-0.25, -0.2) is 0 Å². The van der Waals surface area contributed by atoms with E-state index in [2.05, 4.69) is 5.32 Å². The molecule has 2 atom stereocenters. The first-order valence-corrected chi connectivity index (χ1v) is 7.46. The van der Waals surface area contributed by atoms with E-state index in [0.29, 0.717) is 13.0 Å². The molecule has 2 aromatic rings. The summed E-state index contributed by atoms with van der Waals surface area (Å²) < 4.78 is 0. The van der Waals surface area contributed by atoms with Crippen LogP contribution in [0.5, 0.6) is 0 Å². The molecular formula is C18H22N2O2. The van der Waals surface area contributed by atoms with E-state index < -0.39 is 18.1 Å². The van der Waals surface area contributed by atoms with Crippen molar-refractivity contribution in [3.63, 3.8) is 0 Å². The lowest BCUT2D eigenvalue weighted by atomic mass is 10.0. The maximum Gasteiger partial charge on any atom is 0.250 e. The first-order chi connectivity index (χ1) is 10.7. The van der Waals surface area contributed by atoms with E-state index in [1.54, 1.807) is 0 Å². The maximum atomic E-state index is 11.9. The van der Waals surface area contributed by atoms with Gasteiger partial charge in [0.2, 0.25) is 5.91 Å². The highest BCUT2D eigenvalue weighted by Gasteiger charge is 2.22. The van der Waals surface area contributed by atoms with Crippen molar-refractivity contribution in [1.29, 1.82) is 0 Å². The Morgan fingerprint density at radius 2 is 1.55 bits per heavy atom. The van der Waals surface area contributed by atoms with Crippen molar-refractivity contribution < 1.29 is 9.90 Å². The van der Waals surface area contributed by atoms with E-state index in [4.69, 9.17) is 5.73 Å². The molecule has 22 heavy (non-hydrogen) atoms. The van der Waals surface area contributed by atoms with Crippen LogP contribution in [0.25, 0.3) is 0 Å². The molecule has 2 rings (SSSR count). The van der Waals surface area contributed by atoms with E-state index in [1.807, 2.05) is 60.7 Å². The zero-order valence-corrected chi connectivity index (χ0v) is 12.5. The average molecular weight is 298 g/mol. The molecule has 0 aliphatic rings. The molecule has 1 unspecified atom stereocenters. The van der Waals surface area contributed by atoms with Gasteiger partial charge >= 0.3 is 0 Å². The number of nitrogens with one attached hydrogen (secondary N) is 1. The zero-order valence-electron chi connectivity index (χ0n) is 12.5. The van der Waals surface area contributed by atoms with Gasteiger partial charge in [-0.05, 0) is 24.0 Å². The second-order valence-electron chi connectivity index (χ2n) is 5.33. The number of carbonyl (C=O) groups excluding carboxylic acids is 1. The van der Waals surface area contributed by atoms with Gasteiger partial charge < -0.3 is 16.2 Å². The van der Waals surface area contributed by atoms with Crippen LogP contribution in [0.4, 0.5) is 0 Å². The molecule has 116 valence electrons. The Hall–Kier alpha value is -2.17. The molecule has 0 radical (unpaired) electrons. The Morgan fingerprint density at radius 1 is 1.00 bits per heavy atom. The molecule has 4 heteroatoms. The van der Waals surface area contributed by atoms with E-state index in [-0.39, 0.29) is 0 Å². The Balaban J connectivity index is 1.76. The van der Waals surface area contributed by atoms with Crippen LogP contribution in [-0.4, -0.2) is 29.7 Å². The number of aliphatic hydroxyl groups excluding tert-OH is 1. The average Bonchev–Trinajstić information content (AvgIpc) is 2.56. The first kappa shape index (κ1) is 16.2. The van der Waals surface area contributed by atoms with Crippen molar-refractivity contribution >= 4 is 5.91 Å². The number of carbonyl (C=O) groups is 1. The molecule has 0 heterocycles. The molecule has 0 aliphatic heterocycles. The predicted molar refractivity (Wildman–Crippen MR) is 87.3 cm³/mol. The van der Waals surface area contributed by atoms with Crippen LogP contribution in [0, 0.1) is 0 Å². The largest absolute Gasteiger partial charge is 0.382 e. The number of rotatable bonds is 7. The summed E-state index contributed by atoms with van der Waals surface area (Å²) in [6.45, 7) is 0.484. The predicted octanol–water partition coefficient (Wildman–Crippen LogP) is 1.28. The van der Waals surface area contributed by atoms with Gasteiger partial charge in [0.1, 0.15) is 6.10 Å². The fourth-order valence-corrected chi connectivity index (χ4v) is 2.27. The van der Waals surface area contributed by atoms with Crippen LogP contribution >= 0.6 is 0 Å². The van der Waals surface area contributed by atoms with Gasteiger partial charge in [-0.15, -0.1) is 0 Å². The molecule has 0 saturated carbocycles. The summed E-state index contributed by atoms with van der Waals surface area (Å²) >= 11 is 0. The fraction of sp³-hybridized carbons (Fsp3) is 0.278. The summed E-state index contributed by atoms with van der Waals surface area (Å²) in [5.74, 6) is -0.417. The van der Waals surface area contributed by atoms with Crippen LogP contribution in [0.2, 0.25) is 0 Å². The molecule has 4 nitrogen and oxygen atoms in total. The van der Waals surface area contributed by atoms with Crippen molar-refractivity contribution in [2.24, 2.45) is 5.73 Å². The third-order valence-electron chi connectivity index (χ3n) is 3.54. The van der Waals surface area contributed by atoms with Gasteiger partial charge in [0, 0.05) is 12.6 Å². The van der Waals surface area contributed by atoms with Crippen molar-refractivity contribution in [3.05, 3.63) is 71.8 Å². The number of nitrogens with two attached hydrogens (primary N) is 1. The molecule has 0 bridgehead atoms. The highest BCUT2D eigenvalue weighted by molar-refractivity contribution is 5.81. The Labute approximate surface area is 131 Å². The zero-order chi connectivity index (χ0) is 15.8. The lowest BCUT2D eigenvalue weighted by Crippen LogP contribution is -2.47. The topological polar surface area (TPSA) is 75.3 Å². The summed E-state index contributed by atoms with van der Waals surface area (Å²) in [4.78, 5) is 11.9. The summed E-state index contributed by atoms with van der Waals surface area (Å²) in [6.07, 6.45) is -0.00240. The molecule has 0 aromatic heterocycles. The van der Waals surface area contributed by atoms with E-state index in [0.717, 1.165) is 17.5 Å². The van der Waals surface area contributed by atoms with E-state index in [1.165, 1.54) is 0 Å². The summed E-state index contributed by atoms with van der Waals surface area (Å²) in [5.41, 5.74) is 8.07. The first-order valence-electron chi connectivity index (χ1n) is 7.46. The summed E-state index contributed by atoms with van der Waals surface area (Å²) in [6, 6.07) is 18.9. The standard InChI is InChI=1S/C18H22N2O2/c19-16(13-15-9-5-2-6-10-15)17(21)18(22)20-12-11-14-7-3-1-4-8-14/h1-10,16-17,21H,11-13,19H2,(H,20,22)/t16-,17?/m0/s1. The van der Waals surface area contributed by atoms with Gasteiger partial charge in [-0.3, -0.25) is 4.79 Å². The normalized spacial score (nSPS) is 13.4. The third kappa shape index (κ3) is 4.98. The molecular weight excluding hydrogens is 276 g/mol. The fourth-order valence-electron chi connectivity index (χ4n) is 2.27. The van der Waals surface area contributed by atoms with Crippen molar-refractivity contribution in [2.45, 2.75) is 25.0 Å². The molecule has 2 aromatic carbocycles. The summed E-state index contributed by atoms with van der Waals surface area (Å²) in [7, 11) is 0. The number of hydrogen-bond acceptors (Lipinski definition) is 3. The van der Waals surface area contributed by atoms with Gasteiger partial charge in [-0.2, -0.15) is 0 Å². The minimum absolute atomic E-state index is 0.417. The van der Waals surface area contributed by atoms with Crippen molar-refractivity contribution in [2.75, 3.05) is 6.54 Å². The lowest BCUT2D eigenvalue weighted by Gasteiger charge is -2.18. The quantitative estimate of drug-likeness (QED) is 0.721. The molecule has 1 amide bonds. The Kier molecular flexibility index (Phi) is 6.13. The molecule has 0 fully saturated rings. The minimum Gasteiger partial charge on any atom is -0.382 e. The second-order valence-corrected chi connectivity index (χ2v) is 5.33. The number of aliphatic hydroxyl groups is 1. The maximum absolute atomic E-state index is 11.9. The molecule has 0 saturated heterocycles. The SMILES string of the molecule is N[C@@H](Cc1ccccc1)C(O)C(=O)NCCc1ccccc1. The van der Waals surface area contributed by atoms with Crippen molar-refractivity contribution in [1.82, 2.24) is 5.32 Å². The van der Waals surface area contributed by atoms with Gasteiger partial charge in [-0.1, -0.05) is 60.7 Å². The molecule has 0 spiro atoms. The van der Waals surface area contributed by atoms with Gasteiger partial charge in [0.15, 0.2) is 0 Å². The van der Waals surface area contributed by atoms with Crippen LogP contribution < -0.4 is 11.1 Å². The minimum atomic E-state index is -1.20. The summed E-state index contributed by atoms with van der Waals surface area (Å²) in [5, 5.41) is 12.7. The van der Waals surface area contributed by atoms with Crippen LogP contribution in [0.15, 0.2) is 60.7 Å². The van der Waals surface area contributed by atoms with E-state index >= 15 is 0 Å². The van der Waals surface area contributed by atoms with Crippen LogP contribution in [-0.2, 0) is 17.6 Å². The van der Waals surface area contributed by atoms with E-state index in [9.17, 15) is 9.90 Å². The number of hydrogen-bond donors (Lipinski definition) is 3. The third-order valence-corrected chi connectivity index (χ3v) is 3.54. The van der Waals surface area contributed by atoms with Gasteiger partial charge in [0.25, 0.3) is 0 Å².